The molecule has 2 rings (SSSR count). The molecule has 1 saturated heterocycles. The molecule has 2 N–H and O–H groups in total. The topological polar surface area (TPSA) is 64.1 Å². The van der Waals surface area contributed by atoms with Crippen molar-refractivity contribution in [2.75, 3.05) is 40.0 Å². The number of nitrogens with zero attached hydrogens (tertiary/aromatic N) is 1. The number of methoxy groups -OCH3 is 1. The second-order valence-corrected chi connectivity index (χ2v) is 7.01. The molecular formula is C21H36IN3O3. The Balaban J connectivity index is 0.00000392. The number of aliphatic imine (C=N–C) groups is 1. The monoisotopic (exact) mass is 505 g/mol. The number of ether oxygens (including phenoxy) is 3. The summed E-state index contributed by atoms with van der Waals surface area (Å²) in [7, 11) is 1.78. The highest BCUT2D eigenvalue weighted by atomic mass is 127. The van der Waals surface area contributed by atoms with E-state index in [1.165, 1.54) is 5.56 Å². The van der Waals surface area contributed by atoms with Crippen LogP contribution < -0.4 is 15.4 Å². The van der Waals surface area contributed by atoms with Crippen LogP contribution in [0.25, 0.3) is 0 Å². The van der Waals surface area contributed by atoms with Crippen LogP contribution >= 0.6 is 24.0 Å². The summed E-state index contributed by atoms with van der Waals surface area (Å²) < 4.78 is 17.2. The van der Waals surface area contributed by atoms with Crippen molar-refractivity contribution >= 4 is 29.9 Å². The first kappa shape index (κ1) is 25.0. The first-order valence-corrected chi connectivity index (χ1v) is 10.00. The van der Waals surface area contributed by atoms with E-state index in [-0.39, 0.29) is 29.6 Å². The Morgan fingerprint density at radius 1 is 1.21 bits per heavy atom. The molecule has 6 nitrogen and oxygen atoms in total. The lowest BCUT2D eigenvalue weighted by Crippen LogP contribution is -2.50. The number of halogens is 1. The summed E-state index contributed by atoms with van der Waals surface area (Å²) in [6.45, 7) is 10.6. The van der Waals surface area contributed by atoms with Gasteiger partial charge in [0, 0.05) is 51.8 Å². The highest BCUT2D eigenvalue weighted by Gasteiger charge is 2.32. The molecule has 0 unspecified atom stereocenters. The minimum absolute atomic E-state index is 0. The van der Waals surface area contributed by atoms with Gasteiger partial charge in [-0.1, -0.05) is 19.1 Å². The Morgan fingerprint density at radius 2 is 1.96 bits per heavy atom. The first-order valence-electron chi connectivity index (χ1n) is 10.00. The van der Waals surface area contributed by atoms with E-state index >= 15 is 0 Å². The molecule has 1 fully saturated rings. The SMILES string of the molecule is CCCOc1cc(C)ccc1CN=C(NCC)NCC1(OC)CCOCC1.I. The third kappa shape index (κ3) is 7.75. The van der Waals surface area contributed by atoms with Gasteiger partial charge in [-0.15, -0.1) is 24.0 Å². The summed E-state index contributed by atoms with van der Waals surface area (Å²) in [5, 5.41) is 6.76. The Morgan fingerprint density at radius 3 is 2.61 bits per heavy atom. The molecule has 0 saturated carbocycles. The molecule has 160 valence electrons. The molecule has 28 heavy (non-hydrogen) atoms. The highest BCUT2D eigenvalue weighted by molar-refractivity contribution is 14.0. The lowest BCUT2D eigenvalue weighted by Gasteiger charge is -2.36. The second-order valence-electron chi connectivity index (χ2n) is 7.01. The predicted octanol–water partition coefficient (Wildman–Crippen LogP) is 3.65. The smallest absolute Gasteiger partial charge is 0.191 e. The fourth-order valence-electron chi connectivity index (χ4n) is 3.09. The van der Waals surface area contributed by atoms with Crippen LogP contribution in [0.4, 0.5) is 0 Å². The van der Waals surface area contributed by atoms with Gasteiger partial charge in [0.1, 0.15) is 5.75 Å². The van der Waals surface area contributed by atoms with Crippen LogP contribution in [-0.4, -0.2) is 51.6 Å². The van der Waals surface area contributed by atoms with Gasteiger partial charge in [0.05, 0.1) is 18.8 Å². The second kappa shape index (κ2) is 13.2. The quantitative estimate of drug-likeness (QED) is 0.305. The van der Waals surface area contributed by atoms with Crippen LogP contribution in [-0.2, 0) is 16.0 Å². The average molecular weight is 505 g/mol. The van der Waals surface area contributed by atoms with E-state index in [1.807, 2.05) is 0 Å². The molecule has 1 heterocycles. The van der Waals surface area contributed by atoms with Gasteiger partial charge in [-0.2, -0.15) is 0 Å². The van der Waals surface area contributed by atoms with Crippen molar-refractivity contribution in [1.82, 2.24) is 10.6 Å². The molecule has 7 heteroatoms. The van der Waals surface area contributed by atoms with Gasteiger partial charge in [0.2, 0.25) is 0 Å². The third-order valence-corrected chi connectivity index (χ3v) is 4.85. The zero-order valence-corrected chi connectivity index (χ0v) is 20.0. The number of guanidine groups is 1. The van der Waals surface area contributed by atoms with Gasteiger partial charge in [-0.3, -0.25) is 0 Å². The molecule has 1 aliphatic rings. The number of benzene rings is 1. The fraction of sp³-hybridized carbons (Fsp3) is 0.667. The predicted molar refractivity (Wildman–Crippen MR) is 125 cm³/mol. The molecule has 0 aliphatic carbocycles. The van der Waals surface area contributed by atoms with E-state index in [1.54, 1.807) is 7.11 Å². The fourth-order valence-corrected chi connectivity index (χ4v) is 3.09. The van der Waals surface area contributed by atoms with Crippen molar-refractivity contribution in [3.05, 3.63) is 29.3 Å². The third-order valence-electron chi connectivity index (χ3n) is 4.85. The van der Waals surface area contributed by atoms with Gasteiger partial charge < -0.3 is 24.8 Å². The van der Waals surface area contributed by atoms with Crippen molar-refractivity contribution in [1.29, 1.82) is 0 Å². The van der Waals surface area contributed by atoms with E-state index in [0.29, 0.717) is 13.1 Å². The van der Waals surface area contributed by atoms with Crippen molar-refractivity contribution in [2.45, 2.75) is 52.2 Å². The normalized spacial score (nSPS) is 16.2. The Labute approximate surface area is 186 Å². The van der Waals surface area contributed by atoms with Crippen molar-refractivity contribution in [3.8, 4) is 5.75 Å². The number of rotatable bonds is 9. The molecule has 1 aromatic rings. The largest absolute Gasteiger partial charge is 0.493 e. The number of nitrogens with one attached hydrogen (secondary N) is 2. The molecule has 0 spiro atoms. The maximum absolute atomic E-state index is 5.90. The molecule has 0 aromatic heterocycles. The molecule has 1 aromatic carbocycles. The minimum Gasteiger partial charge on any atom is -0.493 e. The summed E-state index contributed by atoms with van der Waals surface area (Å²) in [5.74, 6) is 1.72. The Bertz CT molecular complexity index is 605. The summed E-state index contributed by atoms with van der Waals surface area (Å²) in [6.07, 6.45) is 2.77. The first-order chi connectivity index (χ1) is 13.1. The van der Waals surface area contributed by atoms with Crippen LogP contribution in [0.5, 0.6) is 5.75 Å². The van der Waals surface area contributed by atoms with Crippen LogP contribution in [0.3, 0.4) is 0 Å². The van der Waals surface area contributed by atoms with E-state index in [4.69, 9.17) is 19.2 Å². The molecule has 0 atom stereocenters. The zero-order chi connectivity index (χ0) is 19.5. The highest BCUT2D eigenvalue weighted by Crippen LogP contribution is 2.24. The van der Waals surface area contributed by atoms with Gasteiger partial charge in [0.15, 0.2) is 5.96 Å². The van der Waals surface area contributed by atoms with Crippen molar-refractivity contribution in [2.24, 2.45) is 4.99 Å². The summed E-state index contributed by atoms with van der Waals surface area (Å²) in [5.41, 5.74) is 2.10. The van der Waals surface area contributed by atoms with Crippen LogP contribution in [0, 0.1) is 6.92 Å². The molecular weight excluding hydrogens is 469 g/mol. The Kier molecular flexibility index (Phi) is 11.8. The van der Waals surface area contributed by atoms with Crippen LogP contribution in [0.15, 0.2) is 23.2 Å². The number of hydrogen-bond acceptors (Lipinski definition) is 4. The van der Waals surface area contributed by atoms with E-state index in [0.717, 1.165) is 62.9 Å². The number of hydrogen-bond donors (Lipinski definition) is 2. The summed E-state index contributed by atoms with van der Waals surface area (Å²) in [6, 6.07) is 6.29. The van der Waals surface area contributed by atoms with Crippen molar-refractivity contribution in [3.63, 3.8) is 0 Å². The minimum atomic E-state index is -0.187. The van der Waals surface area contributed by atoms with E-state index in [2.05, 4.69) is 49.6 Å². The molecule has 1 aliphatic heterocycles. The van der Waals surface area contributed by atoms with Gasteiger partial charge in [0.25, 0.3) is 0 Å². The van der Waals surface area contributed by atoms with Crippen LogP contribution in [0.2, 0.25) is 0 Å². The Hall–Kier alpha value is -1.06. The maximum Gasteiger partial charge on any atom is 0.191 e. The molecule has 0 radical (unpaired) electrons. The van der Waals surface area contributed by atoms with Gasteiger partial charge in [-0.25, -0.2) is 4.99 Å². The standard InChI is InChI=1S/C21H35N3O3.HI/c1-5-11-27-19-14-17(3)7-8-18(19)15-23-20(22-6-2)24-16-21(25-4)9-12-26-13-10-21;/h7-8,14H,5-6,9-13,15-16H2,1-4H3,(H2,22,23,24);1H. The lowest BCUT2D eigenvalue weighted by molar-refractivity contribution is -0.0855. The molecule has 0 bridgehead atoms. The maximum atomic E-state index is 5.90. The molecule has 0 amide bonds. The number of aryl methyl sites for hydroxylation is 1. The summed E-state index contributed by atoms with van der Waals surface area (Å²) in [4.78, 5) is 4.76. The van der Waals surface area contributed by atoms with Crippen molar-refractivity contribution < 1.29 is 14.2 Å². The van der Waals surface area contributed by atoms with Gasteiger partial charge in [-0.05, 0) is 31.9 Å². The van der Waals surface area contributed by atoms with E-state index in [9.17, 15) is 0 Å². The van der Waals surface area contributed by atoms with Gasteiger partial charge >= 0.3 is 0 Å². The zero-order valence-electron chi connectivity index (χ0n) is 17.7. The summed E-state index contributed by atoms with van der Waals surface area (Å²) >= 11 is 0. The van der Waals surface area contributed by atoms with Crippen LogP contribution in [0.1, 0.15) is 44.2 Å². The average Bonchev–Trinajstić information content (AvgIpc) is 2.70. The lowest BCUT2D eigenvalue weighted by atomic mass is 9.94. The van der Waals surface area contributed by atoms with E-state index < -0.39 is 0 Å².